The van der Waals surface area contributed by atoms with Crippen molar-refractivity contribution in [2.45, 2.75) is 58.6 Å². The molecule has 2 rings (SSSR count). The molecule has 1 aliphatic carbocycles. The maximum atomic E-state index is 5.93. The Morgan fingerprint density at radius 2 is 2.22 bits per heavy atom. The number of fused-ring (bicyclic) bond motifs is 1. The van der Waals surface area contributed by atoms with Gasteiger partial charge in [-0.05, 0) is 62.4 Å². The van der Waals surface area contributed by atoms with E-state index >= 15 is 0 Å². The first-order valence-electron chi connectivity index (χ1n) is 7.27. The highest BCUT2D eigenvalue weighted by Gasteiger charge is 2.20. The van der Waals surface area contributed by atoms with Gasteiger partial charge in [0.2, 0.25) is 0 Å². The van der Waals surface area contributed by atoms with Crippen LogP contribution in [0.25, 0.3) is 0 Å². The maximum Gasteiger partial charge on any atom is 0.120 e. The Morgan fingerprint density at radius 3 is 2.94 bits per heavy atom. The lowest BCUT2D eigenvalue weighted by atomic mass is 9.87. The number of ether oxygens (including phenoxy) is 1. The fraction of sp³-hybridized carbons (Fsp3) is 0.625. The van der Waals surface area contributed by atoms with Crippen LogP contribution in [0.15, 0.2) is 18.2 Å². The van der Waals surface area contributed by atoms with Crippen LogP contribution in [0.2, 0.25) is 0 Å². The number of benzene rings is 1. The first-order valence-corrected chi connectivity index (χ1v) is 7.27. The SMILES string of the molecule is CCNC1CCCc2ccc(OC(C)CC)cc21. The zero-order chi connectivity index (χ0) is 13.0. The summed E-state index contributed by atoms with van der Waals surface area (Å²) in [6.45, 7) is 7.49. The van der Waals surface area contributed by atoms with E-state index < -0.39 is 0 Å². The number of hydrogen-bond donors (Lipinski definition) is 1. The summed E-state index contributed by atoms with van der Waals surface area (Å²) in [5, 5.41) is 3.58. The number of hydrogen-bond acceptors (Lipinski definition) is 2. The van der Waals surface area contributed by atoms with Crippen molar-refractivity contribution < 1.29 is 4.74 Å². The zero-order valence-electron chi connectivity index (χ0n) is 11.8. The van der Waals surface area contributed by atoms with Crippen LogP contribution in [0.3, 0.4) is 0 Å². The summed E-state index contributed by atoms with van der Waals surface area (Å²) in [6.07, 6.45) is 5.09. The third-order valence-electron chi connectivity index (χ3n) is 3.79. The molecule has 0 saturated heterocycles. The van der Waals surface area contributed by atoms with Crippen LogP contribution in [-0.2, 0) is 6.42 Å². The Labute approximate surface area is 111 Å². The van der Waals surface area contributed by atoms with Gasteiger partial charge in [-0.1, -0.05) is 19.9 Å². The third kappa shape index (κ3) is 3.05. The van der Waals surface area contributed by atoms with E-state index in [9.17, 15) is 0 Å². The molecule has 2 unspecified atom stereocenters. The van der Waals surface area contributed by atoms with Crippen molar-refractivity contribution in [3.05, 3.63) is 29.3 Å². The molecule has 0 amide bonds. The monoisotopic (exact) mass is 247 g/mol. The minimum Gasteiger partial charge on any atom is -0.491 e. The molecule has 2 atom stereocenters. The highest BCUT2D eigenvalue weighted by Crippen LogP contribution is 2.32. The molecule has 0 spiro atoms. The molecule has 1 aromatic rings. The number of rotatable bonds is 5. The molecule has 0 saturated carbocycles. The van der Waals surface area contributed by atoms with Crippen LogP contribution < -0.4 is 10.1 Å². The normalized spacial score (nSPS) is 20.3. The van der Waals surface area contributed by atoms with Crippen molar-refractivity contribution in [1.29, 1.82) is 0 Å². The van der Waals surface area contributed by atoms with E-state index in [0.29, 0.717) is 12.1 Å². The highest BCUT2D eigenvalue weighted by molar-refractivity contribution is 5.39. The molecule has 0 bridgehead atoms. The van der Waals surface area contributed by atoms with Crippen molar-refractivity contribution >= 4 is 0 Å². The second-order valence-electron chi connectivity index (χ2n) is 5.20. The standard InChI is InChI=1S/C16H25NO/c1-4-12(3)18-14-10-9-13-7-6-8-16(17-5-2)15(13)11-14/h9-12,16-17H,4-8H2,1-3H3. The summed E-state index contributed by atoms with van der Waals surface area (Å²) in [7, 11) is 0. The van der Waals surface area contributed by atoms with Crippen LogP contribution >= 0.6 is 0 Å². The van der Waals surface area contributed by atoms with Gasteiger partial charge in [-0.2, -0.15) is 0 Å². The van der Waals surface area contributed by atoms with E-state index in [4.69, 9.17) is 4.74 Å². The van der Waals surface area contributed by atoms with Crippen molar-refractivity contribution in [3.63, 3.8) is 0 Å². The lowest BCUT2D eigenvalue weighted by molar-refractivity contribution is 0.217. The maximum absolute atomic E-state index is 5.93. The van der Waals surface area contributed by atoms with Gasteiger partial charge in [0.25, 0.3) is 0 Å². The van der Waals surface area contributed by atoms with E-state index in [1.165, 1.54) is 30.4 Å². The second-order valence-corrected chi connectivity index (χ2v) is 5.20. The van der Waals surface area contributed by atoms with Gasteiger partial charge in [0, 0.05) is 6.04 Å². The molecular weight excluding hydrogens is 222 g/mol. The Balaban J connectivity index is 2.19. The van der Waals surface area contributed by atoms with Crippen LogP contribution in [0.1, 0.15) is 57.2 Å². The van der Waals surface area contributed by atoms with Crippen molar-refractivity contribution in [1.82, 2.24) is 5.32 Å². The lowest BCUT2D eigenvalue weighted by Crippen LogP contribution is -2.25. The topological polar surface area (TPSA) is 21.3 Å². The molecule has 1 aliphatic rings. The van der Waals surface area contributed by atoms with Crippen LogP contribution in [0.5, 0.6) is 5.75 Å². The van der Waals surface area contributed by atoms with Gasteiger partial charge in [0.05, 0.1) is 6.10 Å². The molecule has 0 radical (unpaired) electrons. The Kier molecular flexibility index (Phi) is 4.65. The average molecular weight is 247 g/mol. The molecule has 0 aliphatic heterocycles. The predicted molar refractivity (Wildman–Crippen MR) is 76.2 cm³/mol. The summed E-state index contributed by atoms with van der Waals surface area (Å²) >= 11 is 0. The molecule has 2 heteroatoms. The first kappa shape index (κ1) is 13.4. The van der Waals surface area contributed by atoms with Gasteiger partial charge < -0.3 is 10.1 Å². The molecule has 2 nitrogen and oxygen atoms in total. The minimum atomic E-state index is 0.296. The van der Waals surface area contributed by atoms with E-state index in [1.54, 1.807) is 0 Å². The first-order chi connectivity index (χ1) is 8.74. The highest BCUT2D eigenvalue weighted by atomic mass is 16.5. The summed E-state index contributed by atoms with van der Waals surface area (Å²) in [6, 6.07) is 7.13. The Bertz CT molecular complexity index is 389. The summed E-state index contributed by atoms with van der Waals surface area (Å²) < 4.78 is 5.93. The summed E-state index contributed by atoms with van der Waals surface area (Å²) in [4.78, 5) is 0. The third-order valence-corrected chi connectivity index (χ3v) is 3.79. The Morgan fingerprint density at radius 1 is 1.39 bits per heavy atom. The molecule has 0 aromatic heterocycles. The minimum absolute atomic E-state index is 0.296. The molecule has 1 aromatic carbocycles. The van der Waals surface area contributed by atoms with E-state index in [-0.39, 0.29) is 0 Å². The largest absolute Gasteiger partial charge is 0.491 e. The number of nitrogens with one attached hydrogen (secondary N) is 1. The summed E-state index contributed by atoms with van der Waals surface area (Å²) in [5.74, 6) is 1.02. The van der Waals surface area contributed by atoms with Gasteiger partial charge in [0.15, 0.2) is 0 Å². The van der Waals surface area contributed by atoms with Gasteiger partial charge in [-0.25, -0.2) is 0 Å². The quantitative estimate of drug-likeness (QED) is 0.853. The fourth-order valence-corrected chi connectivity index (χ4v) is 2.62. The lowest BCUT2D eigenvalue weighted by Gasteiger charge is -2.27. The van der Waals surface area contributed by atoms with Gasteiger partial charge in [-0.15, -0.1) is 0 Å². The number of aryl methyl sites for hydroxylation is 1. The van der Waals surface area contributed by atoms with Crippen molar-refractivity contribution in [2.24, 2.45) is 0 Å². The van der Waals surface area contributed by atoms with Gasteiger partial charge >= 0.3 is 0 Å². The van der Waals surface area contributed by atoms with Gasteiger partial charge in [0.1, 0.15) is 5.75 Å². The molecule has 1 N–H and O–H groups in total. The van der Waals surface area contributed by atoms with E-state index in [0.717, 1.165) is 18.7 Å². The average Bonchev–Trinajstić information content (AvgIpc) is 2.39. The molecule has 100 valence electrons. The van der Waals surface area contributed by atoms with Crippen molar-refractivity contribution in [3.8, 4) is 5.75 Å². The van der Waals surface area contributed by atoms with Crippen molar-refractivity contribution in [2.75, 3.05) is 6.54 Å². The zero-order valence-corrected chi connectivity index (χ0v) is 11.8. The van der Waals surface area contributed by atoms with E-state index in [1.807, 2.05) is 0 Å². The van der Waals surface area contributed by atoms with Crippen LogP contribution in [-0.4, -0.2) is 12.6 Å². The predicted octanol–water partition coefficient (Wildman–Crippen LogP) is 3.85. The fourth-order valence-electron chi connectivity index (χ4n) is 2.62. The molecule has 0 fully saturated rings. The van der Waals surface area contributed by atoms with Crippen LogP contribution in [0.4, 0.5) is 0 Å². The summed E-state index contributed by atoms with van der Waals surface area (Å²) in [5.41, 5.74) is 2.94. The van der Waals surface area contributed by atoms with Crippen LogP contribution in [0, 0.1) is 0 Å². The molecule has 18 heavy (non-hydrogen) atoms. The molecule has 0 heterocycles. The molecular formula is C16H25NO. The smallest absolute Gasteiger partial charge is 0.120 e. The Hall–Kier alpha value is -1.02. The van der Waals surface area contributed by atoms with E-state index in [2.05, 4.69) is 44.3 Å². The second kappa shape index (κ2) is 6.24. The van der Waals surface area contributed by atoms with Gasteiger partial charge in [-0.3, -0.25) is 0 Å².